The molecule has 2 aromatic heterocycles. The summed E-state index contributed by atoms with van der Waals surface area (Å²) < 4.78 is 41.0. The van der Waals surface area contributed by atoms with Crippen molar-refractivity contribution in [3.8, 4) is 0 Å². The van der Waals surface area contributed by atoms with Crippen LogP contribution in [0.3, 0.4) is 0 Å². The highest BCUT2D eigenvalue weighted by Gasteiger charge is 2.32. The van der Waals surface area contributed by atoms with Crippen LogP contribution in [0.1, 0.15) is 40.4 Å². The van der Waals surface area contributed by atoms with Gasteiger partial charge in [-0.25, -0.2) is 9.50 Å². The minimum atomic E-state index is -4.51. The zero-order valence-electron chi connectivity index (χ0n) is 15.9. The molecule has 1 aliphatic heterocycles. The van der Waals surface area contributed by atoms with Crippen molar-refractivity contribution in [1.82, 2.24) is 19.6 Å². The van der Waals surface area contributed by atoms with Crippen molar-refractivity contribution in [3.05, 3.63) is 47.0 Å². The molecule has 3 heterocycles. The molecule has 10 heteroatoms. The molecule has 29 heavy (non-hydrogen) atoms. The molecule has 1 aromatic carbocycles. The Bertz CT molecular complexity index is 1090. The number of aryl methyl sites for hydroxylation is 2. The summed E-state index contributed by atoms with van der Waals surface area (Å²) in [6, 6.07) is 5.18. The summed E-state index contributed by atoms with van der Waals surface area (Å²) in [4.78, 5) is 23.0. The Kier molecular flexibility index (Phi) is 4.64. The molecule has 0 bridgehead atoms. The van der Waals surface area contributed by atoms with Gasteiger partial charge in [0, 0.05) is 24.5 Å². The van der Waals surface area contributed by atoms with Gasteiger partial charge in [0.1, 0.15) is 0 Å². The van der Waals surface area contributed by atoms with Gasteiger partial charge >= 0.3 is 6.18 Å². The predicted octanol–water partition coefficient (Wildman–Crippen LogP) is 3.61. The van der Waals surface area contributed by atoms with Gasteiger partial charge in [-0.15, -0.1) is 5.10 Å². The third kappa shape index (κ3) is 3.74. The van der Waals surface area contributed by atoms with Gasteiger partial charge in [-0.05, 0) is 51.0 Å². The third-order valence-corrected chi connectivity index (χ3v) is 4.84. The highest BCUT2D eigenvalue weighted by molar-refractivity contribution is 6.03. The fraction of sp³-hybridized carbons (Fsp3) is 0.368. The molecular weight excluding hydrogens is 385 g/mol. The van der Waals surface area contributed by atoms with E-state index in [9.17, 15) is 18.0 Å². The van der Waals surface area contributed by atoms with Gasteiger partial charge in [-0.1, -0.05) is 0 Å². The number of nitrogens with one attached hydrogen (secondary N) is 1. The molecule has 0 aliphatic carbocycles. The zero-order chi connectivity index (χ0) is 20.8. The molecule has 1 amide bonds. The Morgan fingerprint density at radius 2 is 1.83 bits per heavy atom. The lowest BCUT2D eigenvalue weighted by Gasteiger charge is -2.22. The summed E-state index contributed by atoms with van der Waals surface area (Å²) >= 11 is 0. The van der Waals surface area contributed by atoms with E-state index in [-0.39, 0.29) is 17.3 Å². The number of amides is 1. The second kappa shape index (κ2) is 7.02. The Hall–Kier alpha value is -3.17. The zero-order valence-corrected chi connectivity index (χ0v) is 15.9. The molecule has 1 aliphatic rings. The Balaban J connectivity index is 1.70. The van der Waals surface area contributed by atoms with E-state index < -0.39 is 17.6 Å². The van der Waals surface area contributed by atoms with Crippen LogP contribution in [0.25, 0.3) is 5.78 Å². The third-order valence-electron chi connectivity index (χ3n) is 4.84. The van der Waals surface area contributed by atoms with Gasteiger partial charge in [0.25, 0.3) is 11.7 Å². The van der Waals surface area contributed by atoms with Crippen molar-refractivity contribution in [2.75, 3.05) is 23.3 Å². The topological polar surface area (TPSA) is 75.4 Å². The predicted molar refractivity (Wildman–Crippen MR) is 101 cm³/mol. The van der Waals surface area contributed by atoms with Crippen LogP contribution < -0.4 is 10.2 Å². The number of alkyl halides is 3. The average Bonchev–Trinajstić information content (AvgIpc) is 3.30. The first-order chi connectivity index (χ1) is 13.7. The molecule has 0 radical (unpaired) electrons. The van der Waals surface area contributed by atoms with Gasteiger partial charge < -0.3 is 10.2 Å². The normalized spacial score (nSPS) is 14.6. The van der Waals surface area contributed by atoms with Crippen molar-refractivity contribution < 1.29 is 18.0 Å². The van der Waals surface area contributed by atoms with Crippen LogP contribution in [0.15, 0.2) is 24.3 Å². The molecule has 4 rings (SSSR count). The van der Waals surface area contributed by atoms with Crippen LogP contribution in [-0.4, -0.2) is 38.6 Å². The molecule has 0 unspecified atom stereocenters. The van der Waals surface area contributed by atoms with Gasteiger partial charge in [-0.2, -0.15) is 18.2 Å². The van der Waals surface area contributed by atoms with E-state index in [1.54, 1.807) is 19.9 Å². The minimum absolute atomic E-state index is 0.0893. The number of anilines is 2. The number of hydrogen-bond donors (Lipinski definition) is 1. The lowest BCUT2D eigenvalue weighted by Crippen LogP contribution is -2.22. The molecular formula is C19H19F3N6O. The Morgan fingerprint density at radius 1 is 1.10 bits per heavy atom. The smallest absolute Gasteiger partial charge is 0.370 e. The fourth-order valence-electron chi connectivity index (χ4n) is 3.49. The second-order valence-electron chi connectivity index (χ2n) is 7.06. The number of halogens is 3. The lowest BCUT2D eigenvalue weighted by molar-refractivity contribution is -0.137. The molecule has 3 aromatic rings. The number of carbonyl (C=O) groups excluding carboxylic acids is 1. The maximum atomic E-state index is 13.2. The van der Waals surface area contributed by atoms with Crippen LogP contribution in [0.4, 0.5) is 24.5 Å². The van der Waals surface area contributed by atoms with Crippen molar-refractivity contribution in [3.63, 3.8) is 0 Å². The molecule has 1 saturated heterocycles. The monoisotopic (exact) mass is 404 g/mol. The lowest BCUT2D eigenvalue weighted by atomic mass is 10.1. The van der Waals surface area contributed by atoms with E-state index in [0.29, 0.717) is 5.69 Å². The minimum Gasteiger partial charge on any atom is -0.370 e. The van der Waals surface area contributed by atoms with Crippen molar-refractivity contribution in [2.24, 2.45) is 0 Å². The first kappa shape index (κ1) is 19.2. The number of carbonyl (C=O) groups is 1. The van der Waals surface area contributed by atoms with Gasteiger partial charge in [0.05, 0.1) is 16.9 Å². The maximum Gasteiger partial charge on any atom is 0.416 e. The van der Waals surface area contributed by atoms with Gasteiger partial charge in [0.2, 0.25) is 5.82 Å². The fourth-order valence-corrected chi connectivity index (χ4v) is 3.49. The van der Waals surface area contributed by atoms with E-state index in [1.807, 2.05) is 4.90 Å². The molecule has 0 atom stereocenters. The number of nitrogens with zero attached hydrogens (tertiary/aromatic N) is 5. The van der Waals surface area contributed by atoms with E-state index in [2.05, 4.69) is 20.4 Å². The largest absolute Gasteiger partial charge is 0.416 e. The Labute approximate surface area is 164 Å². The summed E-state index contributed by atoms with van der Waals surface area (Å²) in [6.07, 6.45) is -2.61. The van der Waals surface area contributed by atoms with Gasteiger partial charge in [0.15, 0.2) is 0 Å². The van der Waals surface area contributed by atoms with Crippen LogP contribution in [0, 0.1) is 13.8 Å². The molecule has 152 valence electrons. The molecule has 0 spiro atoms. The number of benzene rings is 1. The van der Waals surface area contributed by atoms with Crippen LogP contribution in [0.2, 0.25) is 0 Å². The summed E-state index contributed by atoms with van der Waals surface area (Å²) in [5.41, 5.74) is 1.29. The van der Waals surface area contributed by atoms with E-state index in [4.69, 9.17) is 0 Å². The summed E-state index contributed by atoms with van der Waals surface area (Å²) in [5, 5.41) is 6.71. The van der Waals surface area contributed by atoms with Crippen molar-refractivity contribution >= 4 is 23.1 Å². The number of rotatable bonds is 3. The summed E-state index contributed by atoms with van der Waals surface area (Å²) in [7, 11) is 0. The van der Waals surface area contributed by atoms with Gasteiger partial charge in [-0.3, -0.25) is 4.79 Å². The van der Waals surface area contributed by atoms with Crippen LogP contribution in [-0.2, 0) is 6.18 Å². The first-order valence-electron chi connectivity index (χ1n) is 9.21. The first-order valence-corrected chi connectivity index (χ1v) is 9.21. The number of fused-ring (bicyclic) bond motifs is 1. The number of aromatic nitrogens is 4. The highest BCUT2D eigenvalue weighted by atomic mass is 19.4. The van der Waals surface area contributed by atoms with E-state index >= 15 is 0 Å². The quantitative estimate of drug-likeness (QED) is 0.722. The van der Waals surface area contributed by atoms with E-state index in [1.165, 1.54) is 10.6 Å². The second-order valence-corrected chi connectivity index (χ2v) is 7.06. The number of hydrogen-bond acceptors (Lipinski definition) is 5. The van der Waals surface area contributed by atoms with Crippen LogP contribution in [0.5, 0.6) is 0 Å². The summed E-state index contributed by atoms with van der Waals surface area (Å²) in [5.74, 6) is -0.584. The highest BCUT2D eigenvalue weighted by Crippen LogP contribution is 2.36. The van der Waals surface area contributed by atoms with Crippen molar-refractivity contribution in [2.45, 2.75) is 32.9 Å². The van der Waals surface area contributed by atoms with E-state index in [0.717, 1.165) is 49.5 Å². The van der Waals surface area contributed by atoms with Crippen molar-refractivity contribution in [1.29, 1.82) is 0 Å². The molecule has 7 nitrogen and oxygen atoms in total. The van der Waals surface area contributed by atoms with Crippen LogP contribution >= 0.6 is 0 Å². The maximum absolute atomic E-state index is 13.2. The standard InChI is InChI=1S/C19H19F3N6O/c1-11-9-12(2)28-18(23-11)25-16(26-28)17(29)24-14-10-13(19(20,21)22)5-6-15(14)27-7-3-4-8-27/h5-6,9-10H,3-4,7-8H2,1-2H3,(H,24,29). The SMILES string of the molecule is Cc1cc(C)n2nc(C(=O)Nc3cc(C(F)(F)F)ccc3N3CCCC3)nc2n1. The molecule has 0 saturated carbocycles. The average molecular weight is 404 g/mol. The Morgan fingerprint density at radius 3 is 2.52 bits per heavy atom. The molecule has 1 fully saturated rings. The molecule has 1 N–H and O–H groups in total. The summed E-state index contributed by atoms with van der Waals surface area (Å²) in [6.45, 7) is 5.05.